The normalized spacial score (nSPS) is 12.3. The van der Waals surface area contributed by atoms with Crippen LogP contribution < -0.4 is 4.72 Å². The lowest BCUT2D eigenvalue weighted by Gasteiger charge is -2.20. The van der Waals surface area contributed by atoms with Crippen molar-refractivity contribution >= 4 is 21.8 Å². The predicted molar refractivity (Wildman–Crippen MR) is 92.5 cm³/mol. The molecule has 0 saturated heterocycles. The lowest BCUT2D eigenvalue weighted by Crippen LogP contribution is -2.40. The first-order chi connectivity index (χ1) is 10.3. The summed E-state index contributed by atoms with van der Waals surface area (Å²) in [6.07, 6.45) is 0. The van der Waals surface area contributed by atoms with Crippen molar-refractivity contribution < 1.29 is 8.42 Å². The van der Waals surface area contributed by atoms with Gasteiger partial charge < -0.3 is 0 Å². The van der Waals surface area contributed by atoms with Crippen LogP contribution in [0.5, 0.6) is 0 Å². The Hall–Kier alpha value is -1.30. The van der Waals surface area contributed by atoms with Gasteiger partial charge in [0.15, 0.2) is 0 Å². The minimum atomic E-state index is -3.49. The average Bonchev–Trinajstić information content (AvgIpc) is 2.44. The zero-order valence-corrected chi connectivity index (χ0v) is 14.7. The molecule has 0 aliphatic heterocycles. The second-order valence-electron chi connectivity index (χ2n) is 6.10. The summed E-state index contributed by atoms with van der Waals surface area (Å²) in [4.78, 5) is 1.25. The molecule has 0 aliphatic carbocycles. The minimum Gasteiger partial charge on any atom is -0.207 e. The van der Waals surface area contributed by atoms with Crippen LogP contribution in [-0.2, 0) is 15.8 Å². The van der Waals surface area contributed by atoms with E-state index in [-0.39, 0.29) is 0 Å². The molecule has 3 nitrogen and oxygen atoms in total. The molecule has 0 radical (unpaired) electrons. The van der Waals surface area contributed by atoms with Crippen molar-refractivity contribution in [1.29, 1.82) is 0 Å². The standard InChI is InChI=1S/C17H21NO2S2/c1-17(2,3)18-22(19,20)16-11-7-10-15(12-16)21-13-14-8-5-4-6-9-14/h4-12,18H,13H2,1-3H3. The van der Waals surface area contributed by atoms with Crippen LogP contribution in [0.15, 0.2) is 64.4 Å². The van der Waals surface area contributed by atoms with Crippen LogP contribution in [-0.4, -0.2) is 14.0 Å². The summed E-state index contributed by atoms with van der Waals surface area (Å²) >= 11 is 1.63. The van der Waals surface area contributed by atoms with Gasteiger partial charge in [-0.2, -0.15) is 0 Å². The maximum atomic E-state index is 12.4. The molecule has 0 fully saturated rings. The van der Waals surface area contributed by atoms with Crippen LogP contribution in [0.3, 0.4) is 0 Å². The third kappa shape index (κ3) is 5.16. The fraction of sp³-hybridized carbons (Fsp3) is 0.294. The zero-order chi connectivity index (χ0) is 16.2. The third-order valence-electron chi connectivity index (χ3n) is 2.80. The number of nitrogens with one attached hydrogen (secondary N) is 1. The van der Waals surface area contributed by atoms with E-state index in [1.54, 1.807) is 30.0 Å². The number of sulfonamides is 1. The summed E-state index contributed by atoms with van der Waals surface area (Å²) < 4.78 is 27.4. The average molecular weight is 335 g/mol. The van der Waals surface area contributed by atoms with Gasteiger partial charge in [0.1, 0.15) is 0 Å². The molecule has 2 aromatic rings. The minimum absolute atomic E-state index is 0.306. The van der Waals surface area contributed by atoms with Crippen molar-refractivity contribution in [2.75, 3.05) is 0 Å². The maximum Gasteiger partial charge on any atom is 0.241 e. The van der Waals surface area contributed by atoms with Crippen LogP contribution in [0.2, 0.25) is 0 Å². The molecule has 0 bridgehead atoms. The van der Waals surface area contributed by atoms with E-state index in [1.165, 1.54) is 5.56 Å². The summed E-state index contributed by atoms with van der Waals surface area (Å²) in [5, 5.41) is 0. The van der Waals surface area contributed by atoms with Gasteiger partial charge in [-0.25, -0.2) is 13.1 Å². The van der Waals surface area contributed by atoms with Gasteiger partial charge >= 0.3 is 0 Å². The van der Waals surface area contributed by atoms with Gasteiger partial charge in [-0.05, 0) is 44.5 Å². The van der Waals surface area contributed by atoms with E-state index in [1.807, 2.05) is 45.0 Å². The van der Waals surface area contributed by atoms with Gasteiger partial charge in [0.2, 0.25) is 10.0 Å². The van der Waals surface area contributed by atoms with E-state index < -0.39 is 15.6 Å². The molecular weight excluding hydrogens is 314 g/mol. The van der Waals surface area contributed by atoms with Crippen molar-refractivity contribution in [1.82, 2.24) is 4.72 Å². The summed E-state index contributed by atoms with van der Waals surface area (Å²) in [5.41, 5.74) is 0.722. The molecular formula is C17H21NO2S2. The molecule has 0 aliphatic rings. The monoisotopic (exact) mass is 335 g/mol. The highest BCUT2D eigenvalue weighted by Gasteiger charge is 2.22. The predicted octanol–water partition coefficient (Wildman–Crippen LogP) is 4.06. The summed E-state index contributed by atoms with van der Waals surface area (Å²) in [6.45, 7) is 5.50. The smallest absolute Gasteiger partial charge is 0.207 e. The van der Waals surface area contributed by atoms with Crippen molar-refractivity contribution in [2.45, 2.75) is 41.9 Å². The fourth-order valence-electron chi connectivity index (χ4n) is 1.93. The topological polar surface area (TPSA) is 46.2 Å². The van der Waals surface area contributed by atoms with Crippen LogP contribution in [0.4, 0.5) is 0 Å². The highest BCUT2D eigenvalue weighted by Crippen LogP contribution is 2.25. The quantitative estimate of drug-likeness (QED) is 0.838. The van der Waals surface area contributed by atoms with E-state index in [9.17, 15) is 8.42 Å². The molecule has 5 heteroatoms. The van der Waals surface area contributed by atoms with E-state index in [4.69, 9.17) is 0 Å². The highest BCUT2D eigenvalue weighted by molar-refractivity contribution is 7.98. The molecule has 2 aromatic carbocycles. The van der Waals surface area contributed by atoms with E-state index >= 15 is 0 Å². The Bertz CT molecular complexity index is 720. The Morgan fingerprint density at radius 3 is 2.32 bits per heavy atom. The second-order valence-corrected chi connectivity index (χ2v) is 8.84. The Balaban J connectivity index is 2.13. The first-order valence-electron chi connectivity index (χ1n) is 7.07. The SMILES string of the molecule is CC(C)(C)NS(=O)(=O)c1cccc(SCc2ccccc2)c1. The lowest BCUT2D eigenvalue weighted by atomic mass is 10.1. The van der Waals surface area contributed by atoms with Crippen molar-refractivity contribution in [2.24, 2.45) is 0 Å². The van der Waals surface area contributed by atoms with Gasteiger partial charge in [-0.1, -0.05) is 36.4 Å². The van der Waals surface area contributed by atoms with Crippen LogP contribution in [0.1, 0.15) is 26.3 Å². The highest BCUT2D eigenvalue weighted by atomic mass is 32.2. The van der Waals surface area contributed by atoms with E-state index in [0.29, 0.717) is 4.90 Å². The van der Waals surface area contributed by atoms with Crippen LogP contribution in [0.25, 0.3) is 0 Å². The first kappa shape index (κ1) is 17.1. The first-order valence-corrected chi connectivity index (χ1v) is 9.54. The summed E-state index contributed by atoms with van der Waals surface area (Å²) in [6, 6.07) is 17.2. The number of rotatable bonds is 5. The third-order valence-corrected chi connectivity index (χ3v) is 5.63. The molecule has 118 valence electrons. The molecule has 0 unspecified atom stereocenters. The molecule has 0 amide bonds. The molecule has 0 spiro atoms. The zero-order valence-electron chi connectivity index (χ0n) is 13.0. The molecule has 0 aromatic heterocycles. The number of benzene rings is 2. The van der Waals surface area contributed by atoms with Gasteiger partial charge in [-0.3, -0.25) is 0 Å². The summed E-state index contributed by atoms with van der Waals surface area (Å²) in [7, 11) is -3.49. The van der Waals surface area contributed by atoms with Crippen molar-refractivity contribution in [3.8, 4) is 0 Å². The Morgan fingerprint density at radius 1 is 1.00 bits per heavy atom. The van der Waals surface area contributed by atoms with Gasteiger partial charge in [0.25, 0.3) is 0 Å². The molecule has 1 N–H and O–H groups in total. The Kier molecular flexibility index (Phi) is 5.32. The van der Waals surface area contributed by atoms with E-state index in [2.05, 4.69) is 16.9 Å². The van der Waals surface area contributed by atoms with Crippen molar-refractivity contribution in [3.63, 3.8) is 0 Å². The van der Waals surface area contributed by atoms with Crippen LogP contribution in [0, 0.1) is 0 Å². The molecule has 2 rings (SSSR count). The molecule has 22 heavy (non-hydrogen) atoms. The number of hydrogen-bond donors (Lipinski definition) is 1. The van der Waals surface area contributed by atoms with Gasteiger partial charge in [0, 0.05) is 16.2 Å². The number of hydrogen-bond acceptors (Lipinski definition) is 3. The Labute approximate surface area is 137 Å². The molecule has 0 saturated carbocycles. The second kappa shape index (κ2) is 6.86. The fourth-order valence-corrected chi connectivity index (χ4v) is 4.38. The van der Waals surface area contributed by atoms with Crippen molar-refractivity contribution in [3.05, 3.63) is 60.2 Å². The van der Waals surface area contributed by atoms with Gasteiger partial charge in [0.05, 0.1) is 4.90 Å². The summed E-state index contributed by atoms with van der Waals surface area (Å²) in [5.74, 6) is 0.817. The maximum absolute atomic E-state index is 12.4. The van der Waals surface area contributed by atoms with Crippen LogP contribution >= 0.6 is 11.8 Å². The number of thioether (sulfide) groups is 1. The largest absolute Gasteiger partial charge is 0.241 e. The Morgan fingerprint density at radius 2 is 1.68 bits per heavy atom. The molecule has 0 heterocycles. The molecule has 0 atom stereocenters. The van der Waals surface area contributed by atoms with Gasteiger partial charge in [-0.15, -0.1) is 11.8 Å². The van der Waals surface area contributed by atoms with E-state index in [0.717, 1.165) is 10.6 Å². The lowest BCUT2D eigenvalue weighted by molar-refractivity contribution is 0.491.